The molecule has 0 radical (unpaired) electrons. The molecule has 0 bridgehead atoms. The molecule has 1 aromatic rings. The van der Waals surface area contributed by atoms with Gasteiger partial charge in [-0.15, -0.1) is 0 Å². The highest BCUT2D eigenvalue weighted by molar-refractivity contribution is 5.75. The molecule has 100 valence electrons. The van der Waals surface area contributed by atoms with Crippen molar-refractivity contribution < 1.29 is 19.1 Å². The Bertz CT molecular complexity index is 389. The number of furan rings is 1. The molecular formula is C12H18N2O4. The van der Waals surface area contributed by atoms with Crippen molar-refractivity contribution in [3.05, 3.63) is 24.2 Å². The predicted molar refractivity (Wildman–Crippen MR) is 65.0 cm³/mol. The first-order valence-corrected chi connectivity index (χ1v) is 5.82. The van der Waals surface area contributed by atoms with Crippen LogP contribution in [0.25, 0.3) is 0 Å². The van der Waals surface area contributed by atoms with E-state index in [-0.39, 0.29) is 12.6 Å². The molecule has 1 atom stereocenters. The second-order valence-corrected chi connectivity index (χ2v) is 4.02. The van der Waals surface area contributed by atoms with Gasteiger partial charge in [0.15, 0.2) is 0 Å². The third-order valence-electron chi connectivity index (χ3n) is 2.58. The molecule has 0 aliphatic carbocycles. The number of aliphatic carboxylic acids is 1. The molecular weight excluding hydrogens is 236 g/mol. The SMILES string of the molecule is CCN(Cc1ccco1)C(=O)NCC(C)C(=O)O. The molecule has 0 fully saturated rings. The minimum atomic E-state index is -0.926. The number of hydrogen-bond acceptors (Lipinski definition) is 3. The molecule has 6 nitrogen and oxygen atoms in total. The number of rotatable bonds is 6. The first-order chi connectivity index (χ1) is 8.54. The van der Waals surface area contributed by atoms with Crippen molar-refractivity contribution in [1.82, 2.24) is 10.2 Å². The zero-order chi connectivity index (χ0) is 13.5. The van der Waals surface area contributed by atoms with Gasteiger partial charge in [-0.3, -0.25) is 4.79 Å². The van der Waals surface area contributed by atoms with E-state index in [0.717, 1.165) is 0 Å². The summed E-state index contributed by atoms with van der Waals surface area (Å²) < 4.78 is 5.16. The maximum Gasteiger partial charge on any atom is 0.317 e. The standard InChI is InChI=1S/C12H18N2O4/c1-3-14(8-10-5-4-6-18-10)12(17)13-7-9(2)11(15)16/h4-6,9H,3,7-8H2,1-2H3,(H,13,17)(H,15,16). The van der Waals surface area contributed by atoms with E-state index in [1.165, 1.54) is 0 Å². The Balaban J connectivity index is 2.45. The molecule has 1 unspecified atom stereocenters. The number of nitrogens with zero attached hydrogens (tertiary/aromatic N) is 1. The highest BCUT2D eigenvalue weighted by Gasteiger charge is 2.16. The molecule has 0 aliphatic rings. The Morgan fingerprint density at radius 3 is 2.78 bits per heavy atom. The number of urea groups is 1. The summed E-state index contributed by atoms with van der Waals surface area (Å²) in [6, 6.07) is 3.26. The van der Waals surface area contributed by atoms with Crippen LogP contribution in [0.15, 0.2) is 22.8 Å². The lowest BCUT2D eigenvalue weighted by Gasteiger charge is -2.20. The quantitative estimate of drug-likeness (QED) is 0.806. The Hall–Kier alpha value is -1.98. The van der Waals surface area contributed by atoms with Crippen LogP contribution in [0.4, 0.5) is 4.79 Å². The molecule has 2 N–H and O–H groups in total. The predicted octanol–water partition coefficient (Wildman–Crippen LogP) is 1.53. The second-order valence-electron chi connectivity index (χ2n) is 4.02. The largest absolute Gasteiger partial charge is 0.481 e. The first kappa shape index (κ1) is 14.1. The van der Waals surface area contributed by atoms with E-state index in [0.29, 0.717) is 18.8 Å². The van der Waals surface area contributed by atoms with Crippen molar-refractivity contribution in [3.8, 4) is 0 Å². The number of carbonyl (C=O) groups excluding carboxylic acids is 1. The lowest BCUT2D eigenvalue weighted by molar-refractivity contribution is -0.140. The Labute approximate surface area is 106 Å². The van der Waals surface area contributed by atoms with Crippen molar-refractivity contribution in [2.45, 2.75) is 20.4 Å². The van der Waals surface area contributed by atoms with Gasteiger partial charge in [-0.05, 0) is 19.1 Å². The molecule has 0 saturated carbocycles. The third-order valence-corrected chi connectivity index (χ3v) is 2.58. The zero-order valence-electron chi connectivity index (χ0n) is 10.5. The van der Waals surface area contributed by atoms with Crippen LogP contribution in [0.3, 0.4) is 0 Å². The van der Waals surface area contributed by atoms with Gasteiger partial charge in [0.25, 0.3) is 0 Å². The van der Waals surface area contributed by atoms with Gasteiger partial charge in [-0.2, -0.15) is 0 Å². The second kappa shape index (κ2) is 6.68. The van der Waals surface area contributed by atoms with Crippen LogP contribution in [0.1, 0.15) is 19.6 Å². The summed E-state index contributed by atoms with van der Waals surface area (Å²) in [5, 5.41) is 11.3. The number of amides is 2. The lowest BCUT2D eigenvalue weighted by atomic mass is 10.2. The number of hydrogen-bond donors (Lipinski definition) is 2. The monoisotopic (exact) mass is 254 g/mol. The lowest BCUT2D eigenvalue weighted by Crippen LogP contribution is -2.42. The first-order valence-electron chi connectivity index (χ1n) is 5.82. The molecule has 0 aromatic carbocycles. The highest BCUT2D eigenvalue weighted by Crippen LogP contribution is 2.05. The van der Waals surface area contributed by atoms with E-state index in [4.69, 9.17) is 9.52 Å². The van der Waals surface area contributed by atoms with E-state index in [2.05, 4.69) is 5.32 Å². The van der Waals surface area contributed by atoms with E-state index >= 15 is 0 Å². The fourth-order valence-corrected chi connectivity index (χ4v) is 1.36. The van der Waals surface area contributed by atoms with Gasteiger partial charge in [-0.25, -0.2) is 4.79 Å². The van der Waals surface area contributed by atoms with Gasteiger partial charge < -0.3 is 19.7 Å². The Morgan fingerprint density at radius 1 is 1.56 bits per heavy atom. The van der Waals surface area contributed by atoms with Crippen LogP contribution in [0.2, 0.25) is 0 Å². The van der Waals surface area contributed by atoms with Crippen LogP contribution in [0.5, 0.6) is 0 Å². The summed E-state index contributed by atoms with van der Waals surface area (Å²) in [5.41, 5.74) is 0. The number of carboxylic acid groups (broad SMARTS) is 1. The van der Waals surface area contributed by atoms with Crippen LogP contribution in [-0.4, -0.2) is 35.1 Å². The van der Waals surface area contributed by atoms with Crippen molar-refractivity contribution >= 4 is 12.0 Å². The molecule has 0 spiro atoms. The maximum atomic E-state index is 11.8. The average molecular weight is 254 g/mol. The van der Waals surface area contributed by atoms with Gasteiger partial charge in [-0.1, -0.05) is 6.92 Å². The molecule has 18 heavy (non-hydrogen) atoms. The number of nitrogens with one attached hydrogen (secondary N) is 1. The number of carbonyl (C=O) groups is 2. The molecule has 6 heteroatoms. The van der Waals surface area contributed by atoms with Crippen molar-refractivity contribution in [2.75, 3.05) is 13.1 Å². The molecule has 0 aliphatic heterocycles. The van der Waals surface area contributed by atoms with Gasteiger partial charge >= 0.3 is 12.0 Å². The average Bonchev–Trinajstić information content (AvgIpc) is 2.85. The fourth-order valence-electron chi connectivity index (χ4n) is 1.36. The maximum absolute atomic E-state index is 11.8. The normalized spacial score (nSPS) is 11.9. The van der Waals surface area contributed by atoms with Gasteiger partial charge in [0.1, 0.15) is 5.76 Å². The Morgan fingerprint density at radius 2 is 2.28 bits per heavy atom. The molecule has 2 amide bonds. The summed E-state index contributed by atoms with van der Waals surface area (Å²) in [5.74, 6) is -0.834. The zero-order valence-corrected chi connectivity index (χ0v) is 10.5. The highest BCUT2D eigenvalue weighted by atomic mass is 16.4. The van der Waals surface area contributed by atoms with Crippen molar-refractivity contribution in [3.63, 3.8) is 0 Å². The third kappa shape index (κ3) is 4.12. The van der Waals surface area contributed by atoms with Crippen LogP contribution >= 0.6 is 0 Å². The van der Waals surface area contributed by atoms with E-state index < -0.39 is 11.9 Å². The Kier molecular flexibility index (Phi) is 5.23. The summed E-state index contributed by atoms with van der Waals surface area (Å²) in [7, 11) is 0. The van der Waals surface area contributed by atoms with Crippen LogP contribution in [0, 0.1) is 5.92 Å². The van der Waals surface area contributed by atoms with Gasteiger partial charge in [0.2, 0.25) is 0 Å². The van der Waals surface area contributed by atoms with Crippen LogP contribution in [-0.2, 0) is 11.3 Å². The van der Waals surface area contributed by atoms with Gasteiger partial charge in [0, 0.05) is 13.1 Å². The van der Waals surface area contributed by atoms with E-state index in [1.54, 1.807) is 30.2 Å². The smallest absolute Gasteiger partial charge is 0.317 e. The van der Waals surface area contributed by atoms with E-state index in [9.17, 15) is 9.59 Å². The minimum absolute atomic E-state index is 0.114. The van der Waals surface area contributed by atoms with Gasteiger partial charge in [0.05, 0.1) is 18.7 Å². The number of carboxylic acids is 1. The molecule has 0 saturated heterocycles. The topological polar surface area (TPSA) is 82.8 Å². The van der Waals surface area contributed by atoms with Crippen molar-refractivity contribution in [2.24, 2.45) is 5.92 Å². The summed E-state index contributed by atoms with van der Waals surface area (Å²) in [4.78, 5) is 24.0. The molecule has 1 heterocycles. The van der Waals surface area contributed by atoms with Crippen molar-refractivity contribution in [1.29, 1.82) is 0 Å². The van der Waals surface area contributed by atoms with E-state index in [1.807, 2.05) is 6.92 Å². The van der Waals surface area contributed by atoms with Crippen LogP contribution < -0.4 is 5.32 Å². The molecule has 1 rings (SSSR count). The minimum Gasteiger partial charge on any atom is -0.481 e. The summed E-state index contributed by atoms with van der Waals surface area (Å²) in [6.45, 7) is 4.40. The summed E-state index contributed by atoms with van der Waals surface area (Å²) >= 11 is 0. The fraction of sp³-hybridized carbons (Fsp3) is 0.500. The summed E-state index contributed by atoms with van der Waals surface area (Å²) in [6.07, 6.45) is 1.55. The molecule has 1 aromatic heterocycles.